The normalized spacial score (nSPS) is 9.85. The van der Waals surface area contributed by atoms with E-state index in [1.807, 2.05) is 0 Å². The molecule has 1 rings (SSSR count). The van der Waals surface area contributed by atoms with Gasteiger partial charge in [-0.3, -0.25) is 14.9 Å². The number of carbonyl (C=O) groups is 2. The molecule has 0 aliphatic rings. The molecule has 7 nitrogen and oxygen atoms in total. The van der Waals surface area contributed by atoms with Crippen molar-refractivity contribution in [2.45, 2.75) is 19.8 Å². The molecule has 0 unspecified atom stereocenters. The quantitative estimate of drug-likeness (QED) is 0.426. The third kappa shape index (κ3) is 5.47. The number of Topliss-reactive ketones (excluding diaryl/α,β-unsaturated/α-hetero) is 1. The number of ketones is 1. The summed E-state index contributed by atoms with van der Waals surface area (Å²) in [6.07, 6.45) is 0.393. The number of anilines is 1. The van der Waals surface area contributed by atoms with Gasteiger partial charge in [-0.15, -0.1) is 0 Å². The Kier molecular flexibility index (Phi) is 6.15. The topological polar surface area (TPSA) is 101 Å². The number of nitrogens with one attached hydrogen (secondary N) is 2. The zero-order valence-electron chi connectivity index (χ0n) is 11.2. The highest BCUT2D eigenvalue weighted by atomic mass is 16.6. The maximum absolute atomic E-state index is 11.3. The lowest BCUT2D eigenvalue weighted by Gasteiger charge is -2.08. The molecule has 0 aromatic heterocycles. The van der Waals surface area contributed by atoms with Crippen LogP contribution in [0.25, 0.3) is 0 Å². The lowest BCUT2D eigenvalue weighted by Crippen LogP contribution is -2.28. The Morgan fingerprint density at radius 2 is 1.90 bits per heavy atom. The fourth-order valence-electron chi connectivity index (χ4n) is 1.56. The number of rotatable bonds is 8. The van der Waals surface area contributed by atoms with Gasteiger partial charge in [-0.05, 0) is 13.0 Å². The van der Waals surface area contributed by atoms with Gasteiger partial charge < -0.3 is 15.4 Å². The highest BCUT2D eigenvalue weighted by molar-refractivity contribution is 5.83. The van der Waals surface area contributed by atoms with Crippen molar-refractivity contribution in [1.82, 2.24) is 5.32 Å². The second-order valence-electron chi connectivity index (χ2n) is 4.25. The van der Waals surface area contributed by atoms with E-state index in [-0.39, 0.29) is 30.2 Å². The molecule has 0 heterocycles. The molecule has 0 bridgehead atoms. The van der Waals surface area contributed by atoms with E-state index in [0.29, 0.717) is 18.8 Å². The van der Waals surface area contributed by atoms with Gasteiger partial charge in [0.1, 0.15) is 11.5 Å². The molecule has 0 saturated heterocycles. The number of carbonyl (C=O) groups excluding carboxylic acids is 2. The molecule has 0 saturated carbocycles. The average Bonchev–Trinajstić information content (AvgIpc) is 2.41. The minimum Gasteiger partial charge on any atom is -0.378 e. The van der Waals surface area contributed by atoms with Gasteiger partial charge in [-0.25, -0.2) is 0 Å². The van der Waals surface area contributed by atoms with Crippen molar-refractivity contribution >= 4 is 23.1 Å². The minimum atomic E-state index is -0.465. The molecule has 0 atom stereocenters. The fraction of sp³-hybridized carbons (Fsp3) is 0.385. The molecule has 20 heavy (non-hydrogen) atoms. The van der Waals surface area contributed by atoms with Gasteiger partial charge in [0.15, 0.2) is 0 Å². The molecule has 1 aromatic rings. The number of para-hydroxylation sites is 2. The first-order chi connectivity index (χ1) is 9.50. The van der Waals surface area contributed by atoms with Crippen LogP contribution >= 0.6 is 0 Å². The molecular weight excluding hydrogens is 262 g/mol. The maximum atomic E-state index is 11.3. The number of nitro groups is 1. The molecule has 0 spiro atoms. The Morgan fingerprint density at radius 1 is 1.20 bits per heavy atom. The molecule has 0 aliphatic carbocycles. The summed E-state index contributed by atoms with van der Waals surface area (Å²) in [5.74, 6) is -0.234. The van der Waals surface area contributed by atoms with Crippen molar-refractivity contribution in [1.29, 1.82) is 0 Å². The summed E-state index contributed by atoms with van der Waals surface area (Å²) < 4.78 is 0. The van der Waals surface area contributed by atoms with Gasteiger partial charge in [0.25, 0.3) is 5.69 Å². The Morgan fingerprint density at radius 3 is 2.55 bits per heavy atom. The third-order valence-corrected chi connectivity index (χ3v) is 2.57. The zero-order valence-corrected chi connectivity index (χ0v) is 11.2. The first kappa shape index (κ1) is 15.6. The van der Waals surface area contributed by atoms with Crippen LogP contribution in [0.4, 0.5) is 11.4 Å². The summed E-state index contributed by atoms with van der Waals surface area (Å²) in [6.45, 7) is 2.14. The Balaban J connectivity index is 2.33. The smallest absolute Gasteiger partial charge is 0.292 e. The van der Waals surface area contributed by atoms with E-state index < -0.39 is 4.92 Å². The predicted octanol–water partition coefficient (Wildman–Crippen LogP) is 1.49. The number of nitrogens with zero attached hydrogens (tertiary/aromatic N) is 1. The van der Waals surface area contributed by atoms with Crippen LogP contribution < -0.4 is 10.6 Å². The van der Waals surface area contributed by atoms with E-state index in [1.54, 1.807) is 18.2 Å². The van der Waals surface area contributed by atoms with Crippen molar-refractivity contribution in [3.63, 3.8) is 0 Å². The van der Waals surface area contributed by atoms with E-state index >= 15 is 0 Å². The van der Waals surface area contributed by atoms with Gasteiger partial charge in [0, 0.05) is 32.0 Å². The summed E-state index contributed by atoms with van der Waals surface area (Å²) in [7, 11) is 0. The lowest BCUT2D eigenvalue weighted by molar-refractivity contribution is -0.384. The molecule has 108 valence electrons. The van der Waals surface area contributed by atoms with Gasteiger partial charge in [0.2, 0.25) is 5.91 Å². The summed E-state index contributed by atoms with van der Waals surface area (Å²) >= 11 is 0. The number of benzene rings is 1. The zero-order chi connectivity index (χ0) is 15.0. The number of nitro benzene ring substituents is 1. The van der Waals surface area contributed by atoms with Crippen molar-refractivity contribution in [3.8, 4) is 0 Å². The third-order valence-electron chi connectivity index (χ3n) is 2.57. The van der Waals surface area contributed by atoms with Crippen molar-refractivity contribution in [2.24, 2.45) is 0 Å². The first-order valence-corrected chi connectivity index (χ1v) is 6.24. The maximum Gasteiger partial charge on any atom is 0.292 e. The Labute approximate surface area is 116 Å². The standard InChI is InChI=1S/C13H17N3O4/c1-10(17)6-7-13(18)15-9-8-14-11-4-2-3-5-12(11)16(19)20/h2-5,14H,6-9H2,1H3,(H,15,18). The summed E-state index contributed by atoms with van der Waals surface area (Å²) in [5, 5.41) is 16.3. The number of amides is 1. The van der Waals surface area contributed by atoms with E-state index in [2.05, 4.69) is 10.6 Å². The fourth-order valence-corrected chi connectivity index (χ4v) is 1.56. The predicted molar refractivity (Wildman–Crippen MR) is 74.5 cm³/mol. The highest BCUT2D eigenvalue weighted by Crippen LogP contribution is 2.22. The van der Waals surface area contributed by atoms with Crippen molar-refractivity contribution < 1.29 is 14.5 Å². The Hall–Kier alpha value is -2.44. The van der Waals surface area contributed by atoms with Crippen LogP contribution in [0.5, 0.6) is 0 Å². The van der Waals surface area contributed by atoms with E-state index in [1.165, 1.54) is 13.0 Å². The van der Waals surface area contributed by atoms with Crippen molar-refractivity contribution in [2.75, 3.05) is 18.4 Å². The lowest BCUT2D eigenvalue weighted by atomic mass is 10.2. The summed E-state index contributed by atoms with van der Waals surface area (Å²) in [5.41, 5.74) is 0.408. The van der Waals surface area contributed by atoms with Gasteiger partial charge in [-0.1, -0.05) is 12.1 Å². The Bertz CT molecular complexity index is 502. The number of hydrogen-bond donors (Lipinski definition) is 2. The summed E-state index contributed by atoms with van der Waals surface area (Å²) in [4.78, 5) is 32.4. The number of hydrogen-bond acceptors (Lipinski definition) is 5. The van der Waals surface area contributed by atoms with Crippen LogP contribution in [0.3, 0.4) is 0 Å². The molecule has 1 amide bonds. The molecule has 0 aliphatic heterocycles. The summed E-state index contributed by atoms with van der Waals surface area (Å²) in [6, 6.07) is 6.30. The second kappa shape index (κ2) is 7.88. The van der Waals surface area contributed by atoms with Crippen molar-refractivity contribution in [3.05, 3.63) is 34.4 Å². The monoisotopic (exact) mass is 279 g/mol. The van der Waals surface area contributed by atoms with Crippen LogP contribution in [-0.2, 0) is 9.59 Å². The minimum absolute atomic E-state index is 0.00425. The van der Waals surface area contributed by atoms with Gasteiger partial charge in [0.05, 0.1) is 4.92 Å². The van der Waals surface area contributed by atoms with Gasteiger partial charge >= 0.3 is 0 Å². The van der Waals surface area contributed by atoms with E-state index in [9.17, 15) is 19.7 Å². The van der Waals surface area contributed by atoms with Gasteiger partial charge in [-0.2, -0.15) is 0 Å². The van der Waals surface area contributed by atoms with Crippen LogP contribution in [0.15, 0.2) is 24.3 Å². The molecule has 1 aromatic carbocycles. The highest BCUT2D eigenvalue weighted by Gasteiger charge is 2.11. The molecule has 7 heteroatoms. The van der Waals surface area contributed by atoms with Crippen LogP contribution in [0.1, 0.15) is 19.8 Å². The second-order valence-corrected chi connectivity index (χ2v) is 4.25. The average molecular weight is 279 g/mol. The molecule has 0 fully saturated rings. The van der Waals surface area contributed by atoms with Crippen LogP contribution in [0.2, 0.25) is 0 Å². The first-order valence-electron chi connectivity index (χ1n) is 6.24. The SMILES string of the molecule is CC(=O)CCC(=O)NCCNc1ccccc1[N+](=O)[O-]. The van der Waals surface area contributed by atoms with E-state index in [0.717, 1.165) is 0 Å². The molecule has 2 N–H and O–H groups in total. The largest absolute Gasteiger partial charge is 0.378 e. The van der Waals surface area contributed by atoms with E-state index in [4.69, 9.17) is 0 Å². The van der Waals surface area contributed by atoms with Crippen LogP contribution in [0, 0.1) is 10.1 Å². The molecular formula is C13H17N3O4. The van der Waals surface area contributed by atoms with Crippen LogP contribution in [-0.4, -0.2) is 29.7 Å². The molecule has 0 radical (unpaired) electrons.